The molecule has 3 aliphatic rings. The van der Waals surface area contributed by atoms with Crippen molar-refractivity contribution in [2.24, 2.45) is 0 Å². The van der Waals surface area contributed by atoms with Crippen LogP contribution in [0.5, 0.6) is 0 Å². The molecule has 0 fully saturated rings. The van der Waals surface area contributed by atoms with E-state index in [1.807, 2.05) is 103 Å². The molecule has 6 heteroatoms. The molecule has 70 heavy (non-hydrogen) atoms. The van der Waals surface area contributed by atoms with Crippen molar-refractivity contribution in [2.75, 3.05) is 0 Å². The van der Waals surface area contributed by atoms with E-state index in [1.54, 1.807) is 0 Å². The van der Waals surface area contributed by atoms with E-state index < -0.39 is 0 Å². The monoisotopic (exact) mass is 892 g/mol. The van der Waals surface area contributed by atoms with Crippen molar-refractivity contribution in [3.8, 4) is 96.4 Å². The number of hydrogen-bond acceptors (Lipinski definition) is 6. The zero-order valence-electron chi connectivity index (χ0n) is 37.8. The third-order valence-corrected chi connectivity index (χ3v) is 13.8. The van der Waals surface area contributed by atoms with Gasteiger partial charge in [0.15, 0.2) is 23.3 Å². The van der Waals surface area contributed by atoms with Gasteiger partial charge in [-0.25, -0.2) is 24.9 Å². The zero-order valence-corrected chi connectivity index (χ0v) is 37.8. The summed E-state index contributed by atoms with van der Waals surface area (Å²) in [5.41, 5.74) is 20.7. The van der Waals surface area contributed by atoms with Crippen molar-refractivity contribution in [1.29, 1.82) is 5.26 Å². The molecule has 2 bridgehead atoms. The van der Waals surface area contributed by atoms with Crippen molar-refractivity contribution in [3.05, 3.63) is 269 Å². The molecule has 0 amide bonds. The van der Waals surface area contributed by atoms with Crippen molar-refractivity contribution in [1.82, 2.24) is 24.9 Å². The van der Waals surface area contributed by atoms with E-state index in [0.29, 0.717) is 28.9 Å². The summed E-state index contributed by atoms with van der Waals surface area (Å²) < 4.78 is 0. The number of nitrogens with zero attached hydrogens (tertiary/aromatic N) is 6. The minimum absolute atomic E-state index is 0.0737. The third-order valence-electron chi connectivity index (χ3n) is 13.8. The highest BCUT2D eigenvalue weighted by molar-refractivity contribution is 5.79. The quantitative estimate of drug-likeness (QED) is 0.151. The first-order valence-corrected chi connectivity index (χ1v) is 23.5. The van der Waals surface area contributed by atoms with Gasteiger partial charge >= 0.3 is 0 Å². The zero-order chi connectivity index (χ0) is 46.5. The summed E-state index contributed by atoms with van der Waals surface area (Å²) in [7, 11) is 0. The lowest BCUT2D eigenvalue weighted by molar-refractivity contribution is 0.755. The Balaban J connectivity index is 0.842. The van der Waals surface area contributed by atoms with Crippen LogP contribution in [0.3, 0.4) is 0 Å². The first-order valence-electron chi connectivity index (χ1n) is 23.5. The molecule has 2 heterocycles. The highest BCUT2D eigenvalue weighted by atomic mass is 15.0. The Kier molecular flexibility index (Phi) is 9.92. The Morgan fingerprint density at radius 2 is 0.586 bits per heavy atom. The van der Waals surface area contributed by atoms with Crippen molar-refractivity contribution < 1.29 is 0 Å². The lowest BCUT2D eigenvalue weighted by atomic mass is 9.60. The SMILES string of the molecule is N#Cc1ccc(-c2ccc(-c3cc(-c4ccc(-c5ccc6c(c5)C5c7ccccc7C6c6cc(-c7nc(-c8ccccc8)nc(-c8ccccc8)n7)ccc65)cc4)nc(-c4ccccc4)n3)cc2)cc1. The Labute approximate surface area is 406 Å². The van der Waals surface area contributed by atoms with Gasteiger partial charge in [0.05, 0.1) is 23.0 Å². The molecule has 0 saturated heterocycles. The lowest BCUT2D eigenvalue weighted by Crippen LogP contribution is -2.27. The van der Waals surface area contributed by atoms with E-state index in [-0.39, 0.29) is 11.8 Å². The standard InChI is InChI=1S/C64H40N6/c65-39-40-20-22-41(23-21-40)42-24-28-44(29-25-42)57-38-58(67-61(66-57)46-12-4-1-5-13-46)45-30-26-43(27-31-45)49-32-34-53-55(36-49)59-51-18-10-11-19-52(51)60(53)56-37-50(33-35-54(56)59)64-69-62(47-14-6-2-7-15-47)68-63(70-64)48-16-8-3-9-17-48/h1-38,59-60H. The van der Waals surface area contributed by atoms with Crippen LogP contribution in [0.25, 0.3) is 90.3 Å². The summed E-state index contributed by atoms with van der Waals surface area (Å²) in [6.45, 7) is 0. The number of benzene rings is 9. The van der Waals surface area contributed by atoms with Gasteiger partial charge in [0.1, 0.15) is 0 Å². The number of aromatic nitrogens is 5. The topological polar surface area (TPSA) is 88.2 Å². The predicted octanol–water partition coefficient (Wildman–Crippen LogP) is 14.9. The number of rotatable bonds is 8. The van der Waals surface area contributed by atoms with E-state index in [0.717, 1.165) is 61.5 Å². The molecule has 0 radical (unpaired) electrons. The van der Waals surface area contributed by atoms with Crippen LogP contribution in [-0.2, 0) is 0 Å². The Morgan fingerprint density at radius 3 is 1.04 bits per heavy atom. The number of nitriles is 1. The van der Waals surface area contributed by atoms with Crippen LogP contribution in [0.15, 0.2) is 231 Å². The fourth-order valence-corrected chi connectivity index (χ4v) is 10.3. The Morgan fingerprint density at radius 1 is 0.257 bits per heavy atom. The molecule has 0 saturated carbocycles. The van der Waals surface area contributed by atoms with Crippen LogP contribution in [0.4, 0.5) is 0 Å². The fraction of sp³-hybridized carbons (Fsp3) is 0.0312. The maximum absolute atomic E-state index is 9.27. The largest absolute Gasteiger partial charge is 0.228 e. The van der Waals surface area contributed by atoms with Crippen LogP contribution in [0, 0.1) is 11.3 Å². The van der Waals surface area contributed by atoms with E-state index in [9.17, 15) is 5.26 Å². The molecule has 0 aliphatic heterocycles. The van der Waals surface area contributed by atoms with E-state index in [1.165, 1.54) is 38.9 Å². The summed E-state index contributed by atoms with van der Waals surface area (Å²) in [6, 6.07) is 82.4. The lowest BCUT2D eigenvalue weighted by Gasteiger charge is -2.42. The molecule has 0 spiro atoms. The van der Waals surface area contributed by atoms with Gasteiger partial charge in [-0.15, -0.1) is 0 Å². The summed E-state index contributed by atoms with van der Waals surface area (Å²) in [4.78, 5) is 25.3. The average Bonchev–Trinajstić information content (AvgIpc) is 3.45. The van der Waals surface area contributed by atoms with Gasteiger partial charge in [0.2, 0.25) is 0 Å². The highest BCUT2D eigenvalue weighted by Crippen LogP contribution is 2.56. The fourth-order valence-electron chi connectivity index (χ4n) is 10.3. The first kappa shape index (κ1) is 40.8. The summed E-state index contributed by atoms with van der Waals surface area (Å²) in [5.74, 6) is 2.81. The van der Waals surface area contributed by atoms with E-state index >= 15 is 0 Å². The summed E-state index contributed by atoms with van der Waals surface area (Å²) >= 11 is 0. The Hall–Kier alpha value is -9.44. The summed E-state index contributed by atoms with van der Waals surface area (Å²) in [5, 5.41) is 9.27. The maximum atomic E-state index is 9.27. The van der Waals surface area contributed by atoms with Gasteiger partial charge in [0.25, 0.3) is 0 Å². The highest BCUT2D eigenvalue weighted by Gasteiger charge is 2.41. The molecule has 11 aromatic rings. The second-order valence-corrected chi connectivity index (χ2v) is 17.9. The third kappa shape index (κ3) is 7.25. The van der Waals surface area contributed by atoms with E-state index in [2.05, 4.69) is 133 Å². The minimum atomic E-state index is 0.0737. The second kappa shape index (κ2) is 17.0. The van der Waals surface area contributed by atoms with Gasteiger partial charge < -0.3 is 0 Å². The van der Waals surface area contributed by atoms with Crippen molar-refractivity contribution >= 4 is 0 Å². The van der Waals surface area contributed by atoms with Gasteiger partial charge in [-0.05, 0) is 86.0 Å². The molecule has 14 rings (SSSR count). The molecular weight excluding hydrogens is 853 g/mol. The van der Waals surface area contributed by atoms with E-state index in [4.69, 9.17) is 24.9 Å². The van der Waals surface area contributed by atoms with Crippen LogP contribution < -0.4 is 0 Å². The van der Waals surface area contributed by atoms with Gasteiger partial charge in [-0.2, -0.15) is 5.26 Å². The van der Waals surface area contributed by atoms with Crippen LogP contribution >= 0.6 is 0 Å². The van der Waals surface area contributed by atoms with Gasteiger partial charge in [-0.1, -0.05) is 200 Å². The smallest absolute Gasteiger partial charge is 0.164 e. The van der Waals surface area contributed by atoms with Gasteiger partial charge in [0, 0.05) is 45.2 Å². The maximum Gasteiger partial charge on any atom is 0.164 e. The van der Waals surface area contributed by atoms with Crippen molar-refractivity contribution in [3.63, 3.8) is 0 Å². The molecule has 2 atom stereocenters. The average molecular weight is 893 g/mol. The molecule has 2 unspecified atom stereocenters. The normalized spacial score (nSPS) is 14.0. The molecule has 2 aromatic heterocycles. The van der Waals surface area contributed by atoms with Crippen molar-refractivity contribution in [2.45, 2.75) is 11.8 Å². The van der Waals surface area contributed by atoms with Crippen LogP contribution in [0.1, 0.15) is 50.8 Å². The minimum Gasteiger partial charge on any atom is -0.228 e. The summed E-state index contributed by atoms with van der Waals surface area (Å²) in [6.07, 6.45) is 0. The van der Waals surface area contributed by atoms with Gasteiger partial charge in [-0.3, -0.25) is 0 Å². The molecule has 0 N–H and O–H groups in total. The van der Waals surface area contributed by atoms with Crippen LogP contribution in [-0.4, -0.2) is 24.9 Å². The molecule has 3 aliphatic carbocycles. The Bertz CT molecular complexity index is 3750. The number of hydrogen-bond donors (Lipinski definition) is 0. The molecule has 9 aromatic carbocycles. The molecule has 6 nitrogen and oxygen atoms in total. The predicted molar refractivity (Wildman–Crippen MR) is 278 cm³/mol. The first-order chi connectivity index (χ1) is 34.6. The molecular formula is C64H40N6. The molecule has 326 valence electrons. The van der Waals surface area contributed by atoms with Crippen LogP contribution in [0.2, 0.25) is 0 Å². The second-order valence-electron chi connectivity index (χ2n) is 17.9.